The van der Waals surface area contributed by atoms with Crippen LogP contribution in [0.2, 0.25) is 0 Å². The lowest BCUT2D eigenvalue weighted by Gasteiger charge is -2.02. The van der Waals surface area contributed by atoms with Crippen molar-refractivity contribution in [2.24, 2.45) is 0 Å². The third-order valence-corrected chi connectivity index (χ3v) is 2.16. The molecule has 0 unspecified atom stereocenters. The van der Waals surface area contributed by atoms with Gasteiger partial charge in [0.15, 0.2) is 17.3 Å². The summed E-state index contributed by atoms with van der Waals surface area (Å²) in [6.45, 7) is 0. The van der Waals surface area contributed by atoms with Crippen molar-refractivity contribution in [1.29, 1.82) is 0 Å². The second kappa shape index (κ2) is 4.08. The van der Waals surface area contributed by atoms with Crippen LogP contribution in [0.5, 0.6) is 5.75 Å². The Hall–Kier alpha value is -2.64. The van der Waals surface area contributed by atoms with Gasteiger partial charge in [-0.15, -0.1) is 0 Å². The topological polar surface area (TPSA) is 117 Å². The molecule has 0 atom stereocenters. The van der Waals surface area contributed by atoms with Gasteiger partial charge in [0.05, 0.1) is 12.0 Å². The Morgan fingerprint density at radius 3 is 2.76 bits per heavy atom. The number of nitro benzene ring substituents is 1. The summed E-state index contributed by atoms with van der Waals surface area (Å²) >= 11 is 0. The van der Waals surface area contributed by atoms with Crippen molar-refractivity contribution in [3.8, 4) is 17.0 Å². The standard InChI is InChI=1S/C9H8N4O4/c1-16-7-3-2-5(4-6(7)13(14)15)8-9(10)12-17-11-8/h2-4H,1H3,(H2,10,12). The predicted octanol–water partition coefficient (Wildman–Crippen LogP) is 1.24. The van der Waals surface area contributed by atoms with Crippen molar-refractivity contribution >= 4 is 11.5 Å². The minimum atomic E-state index is -0.550. The van der Waals surface area contributed by atoms with Crippen LogP contribution in [0.25, 0.3) is 11.3 Å². The normalized spacial score (nSPS) is 10.2. The number of nitrogens with two attached hydrogens (primary N) is 1. The van der Waals surface area contributed by atoms with Crippen LogP contribution >= 0.6 is 0 Å². The zero-order chi connectivity index (χ0) is 12.4. The van der Waals surface area contributed by atoms with Crippen LogP contribution < -0.4 is 10.5 Å². The largest absolute Gasteiger partial charge is 0.490 e. The minimum absolute atomic E-state index is 0.0736. The Morgan fingerprint density at radius 1 is 1.47 bits per heavy atom. The number of ether oxygens (including phenoxy) is 1. The summed E-state index contributed by atoms with van der Waals surface area (Å²) in [5.74, 6) is 0.234. The lowest BCUT2D eigenvalue weighted by atomic mass is 10.1. The molecule has 0 spiro atoms. The molecule has 88 valence electrons. The number of nitrogens with zero attached hydrogens (tertiary/aromatic N) is 3. The van der Waals surface area contributed by atoms with Gasteiger partial charge in [0, 0.05) is 11.6 Å². The van der Waals surface area contributed by atoms with Crippen molar-refractivity contribution in [3.05, 3.63) is 28.3 Å². The summed E-state index contributed by atoms with van der Waals surface area (Å²) in [4.78, 5) is 10.3. The molecule has 1 aromatic heterocycles. The van der Waals surface area contributed by atoms with Crippen LogP contribution in [-0.4, -0.2) is 22.3 Å². The third kappa shape index (κ3) is 1.87. The summed E-state index contributed by atoms with van der Waals surface area (Å²) in [5, 5.41) is 17.8. The molecule has 0 amide bonds. The van der Waals surface area contributed by atoms with Gasteiger partial charge >= 0.3 is 5.69 Å². The molecular formula is C9H8N4O4. The molecule has 8 nitrogen and oxygen atoms in total. The highest BCUT2D eigenvalue weighted by Crippen LogP contribution is 2.32. The molecular weight excluding hydrogens is 228 g/mol. The smallest absolute Gasteiger partial charge is 0.311 e. The van der Waals surface area contributed by atoms with Gasteiger partial charge in [-0.3, -0.25) is 10.1 Å². The number of rotatable bonds is 3. The van der Waals surface area contributed by atoms with E-state index in [-0.39, 0.29) is 22.9 Å². The summed E-state index contributed by atoms with van der Waals surface area (Å²) in [5.41, 5.74) is 6.03. The maximum absolute atomic E-state index is 10.8. The van der Waals surface area contributed by atoms with Gasteiger partial charge < -0.3 is 10.5 Å². The van der Waals surface area contributed by atoms with E-state index in [2.05, 4.69) is 14.9 Å². The number of nitro groups is 1. The molecule has 1 heterocycles. The minimum Gasteiger partial charge on any atom is -0.490 e. The molecule has 0 fully saturated rings. The molecule has 2 aromatic rings. The molecule has 2 N–H and O–H groups in total. The number of hydrogen-bond acceptors (Lipinski definition) is 7. The molecule has 0 aliphatic carbocycles. The van der Waals surface area contributed by atoms with Crippen LogP contribution in [0, 0.1) is 10.1 Å². The van der Waals surface area contributed by atoms with Gasteiger partial charge in [-0.25, -0.2) is 4.63 Å². The number of anilines is 1. The fraction of sp³-hybridized carbons (Fsp3) is 0.111. The van der Waals surface area contributed by atoms with E-state index >= 15 is 0 Å². The molecule has 0 aliphatic rings. The number of nitrogen functional groups attached to an aromatic ring is 1. The SMILES string of the molecule is COc1ccc(-c2nonc2N)cc1[N+](=O)[O-]. The summed E-state index contributed by atoms with van der Waals surface area (Å²) in [6, 6.07) is 4.35. The second-order valence-electron chi connectivity index (χ2n) is 3.14. The Kier molecular flexibility index (Phi) is 2.61. The van der Waals surface area contributed by atoms with Gasteiger partial charge in [0.25, 0.3) is 0 Å². The Labute approximate surface area is 95.1 Å². The second-order valence-corrected chi connectivity index (χ2v) is 3.14. The van der Waals surface area contributed by atoms with E-state index in [0.717, 1.165) is 0 Å². The first kappa shape index (κ1) is 10.9. The lowest BCUT2D eigenvalue weighted by molar-refractivity contribution is -0.385. The molecule has 0 saturated heterocycles. The van der Waals surface area contributed by atoms with E-state index in [1.807, 2.05) is 0 Å². The van der Waals surface area contributed by atoms with Crippen molar-refractivity contribution < 1.29 is 14.3 Å². The fourth-order valence-electron chi connectivity index (χ4n) is 1.38. The number of benzene rings is 1. The van der Waals surface area contributed by atoms with Gasteiger partial charge in [-0.05, 0) is 22.4 Å². The maximum atomic E-state index is 10.8. The van der Waals surface area contributed by atoms with Crippen LogP contribution in [0.3, 0.4) is 0 Å². The molecule has 0 radical (unpaired) electrons. The van der Waals surface area contributed by atoms with Crippen LogP contribution in [0.4, 0.5) is 11.5 Å². The van der Waals surface area contributed by atoms with E-state index in [4.69, 9.17) is 10.5 Å². The lowest BCUT2D eigenvalue weighted by Crippen LogP contribution is -1.95. The van der Waals surface area contributed by atoms with Gasteiger partial charge in [0.2, 0.25) is 0 Å². The van der Waals surface area contributed by atoms with E-state index in [9.17, 15) is 10.1 Å². The Bertz CT molecular complexity index is 566. The van der Waals surface area contributed by atoms with Crippen molar-refractivity contribution in [1.82, 2.24) is 10.3 Å². The molecule has 2 rings (SSSR count). The molecule has 8 heteroatoms. The van der Waals surface area contributed by atoms with Gasteiger partial charge in [-0.2, -0.15) is 0 Å². The zero-order valence-electron chi connectivity index (χ0n) is 8.78. The first-order valence-electron chi connectivity index (χ1n) is 4.54. The quantitative estimate of drug-likeness (QED) is 0.628. The van der Waals surface area contributed by atoms with Gasteiger partial charge in [0.1, 0.15) is 0 Å². The van der Waals surface area contributed by atoms with Crippen LogP contribution in [0.1, 0.15) is 0 Å². The van der Waals surface area contributed by atoms with Crippen LogP contribution in [0.15, 0.2) is 22.8 Å². The van der Waals surface area contributed by atoms with Crippen molar-refractivity contribution in [2.75, 3.05) is 12.8 Å². The molecule has 0 aliphatic heterocycles. The average molecular weight is 236 g/mol. The average Bonchev–Trinajstić information content (AvgIpc) is 2.74. The first-order valence-corrected chi connectivity index (χ1v) is 4.54. The van der Waals surface area contributed by atoms with E-state index < -0.39 is 4.92 Å². The predicted molar refractivity (Wildman–Crippen MR) is 57.4 cm³/mol. The summed E-state index contributed by atoms with van der Waals surface area (Å²) < 4.78 is 9.31. The Balaban J connectivity index is 2.55. The highest BCUT2D eigenvalue weighted by atomic mass is 16.6. The number of hydrogen-bond donors (Lipinski definition) is 1. The number of aromatic nitrogens is 2. The van der Waals surface area contributed by atoms with Crippen LogP contribution in [-0.2, 0) is 0 Å². The Morgan fingerprint density at radius 2 is 2.24 bits per heavy atom. The monoisotopic (exact) mass is 236 g/mol. The number of methoxy groups -OCH3 is 1. The van der Waals surface area contributed by atoms with Gasteiger partial charge in [-0.1, -0.05) is 0 Å². The zero-order valence-corrected chi connectivity index (χ0v) is 8.78. The van der Waals surface area contributed by atoms with E-state index in [1.54, 1.807) is 6.07 Å². The molecule has 17 heavy (non-hydrogen) atoms. The molecule has 0 bridgehead atoms. The van der Waals surface area contributed by atoms with Crippen molar-refractivity contribution in [2.45, 2.75) is 0 Å². The third-order valence-electron chi connectivity index (χ3n) is 2.16. The molecule has 1 aromatic carbocycles. The van der Waals surface area contributed by atoms with Crippen molar-refractivity contribution in [3.63, 3.8) is 0 Å². The summed E-state index contributed by atoms with van der Waals surface area (Å²) in [7, 11) is 1.36. The van der Waals surface area contributed by atoms with E-state index in [0.29, 0.717) is 5.56 Å². The first-order chi connectivity index (χ1) is 8.13. The van der Waals surface area contributed by atoms with E-state index in [1.165, 1.54) is 19.2 Å². The highest BCUT2D eigenvalue weighted by Gasteiger charge is 2.18. The molecule has 0 saturated carbocycles. The fourth-order valence-corrected chi connectivity index (χ4v) is 1.38. The maximum Gasteiger partial charge on any atom is 0.311 e. The summed E-state index contributed by atoms with van der Waals surface area (Å²) in [6.07, 6.45) is 0. The highest BCUT2D eigenvalue weighted by molar-refractivity contribution is 5.72.